The van der Waals surface area contributed by atoms with Crippen molar-refractivity contribution in [3.63, 3.8) is 0 Å². The van der Waals surface area contributed by atoms with Crippen molar-refractivity contribution in [2.75, 3.05) is 26.2 Å². The summed E-state index contributed by atoms with van der Waals surface area (Å²) in [7, 11) is 0. The normalized spacial score (nSPS) is 29.4. The average Bonchev–Trinajstić information content (AvgIpc) is 2.56. The maximum atomic E-state index is 11.4. The molecule has 0 bridgehead atoms. The van der Waals surface area contributed by atoms with Crippen molar-refractivity contribution in [2.45, 2.75) is 71.4 Å². The molecule has 24 heavy (non-hydrogen) atoms. The highest BCUT2D eigenvalue weighted by Gasteiger charge is 2.35. The number of guanidine groups is 1. The lowest BCUT2D eigenvalue weighted by Crippen LogP contribution is -2.50. The molecule has 0 spiro atoms. The number of aliphatic hydroxyl groups excluding tert-OH is 1. The van der Waals surface area contributed by atoms with Crippen LogP contribution >= 0.6 is 0 Å². The molecule has 0 aromatic rings. The van der Waals surface area contributed by atoms with Crippen LogP contribution in [0.2, 0.25) is 0 Å². The van der Waals surface area contributed by atoms with E-state index in [1.165, 1.54) is 6.42 Å². The highest BCUT2D eigenvalue weighted by atomic mass is 16.3. The summed E-state index contributed by atoms with van der Waals surface area (Å²) in [5.74, 6) is 0.992. The van der Waals surface area contributed by atoms with Crippen molar-refractivity contribution in [2.24, 2.45) is 10.4 Å². The number of rotatable bonds is 4. The number of aliphatic imine (C=N–C) groups is 1. The van der Waals surface area contributed by atoms with Crippen LogP contribution in [0.25, 0.3) is 0 Å². The number of carbonyl (C=O) groups is 1. The number of nitrogens with zero attached hydrogens (tertiary/aromatic N) is 2. The molecule has 1 saturated carbocycles. The minimum absolute atomic E-state index is 0.113. The van der Waals surface area contributed by atoms with Gasteiger partial charge in [0.2, 0.25) is 5.91 Å². The summed E-state index contributed by atoms with van der Waals surface area (Å²) in [6.45, 7) is 8.93. The van der Waals surface area contributed by atoms with Gasteiger partial charge in [-0.15, -0.1) is 0 Å². The molecule has 1 aliphatic heterocycles. The van der Waals surface area contributed by atoms with Gasteiger partial charge in [-0.2, -0.15) is 0 Å². The number of hydrogen-bond acceptors (Lipinski definition) is 3. The van der Waals surface area contributed by atoms with Crippen LogP contribution in [0.1, 0.15) is 59.3 Å². The first-order chi connectivity index (χ1) is 11.4. The first kappa shape index (κ1) is 19.0. The lowest BCUT2D eigenvalue weighted by molar-refractivity contribution is -0.129. The summed E-state index contributed by atoms with van der Waals surface area (Å²) in [6, 6.07) is 0.350. The van der Waals surface area contributed by atoms with Crippen LogP contribution in [0.3, 0.4) is 0 Å². The third kappa shape index (κ3) is 5.10. The Morgan fingerprint density at radius 2 is 2.00 bits per heavy atom. The Hall–Kier alpha value is -1.30. The standard InChI is InChI=1S/C18H34N4O2/c1-4-19-17(20-13-18(3)10-6-5-7-16(18)24)21-15-8-11-22(12-9-15)14(2)23/h15-16,24H,4-13H2,1-3H3,(H2,19,20,21). The van der Waals surface area contributed by atoms with Crippen LogP contribution in [-0.2, 0) is 4.79 Å². The topological polar surface area (TPSA) is 77.0 Å². The molecule has 1 saturated heterocycles. The van der Waals surface area contributed by atoms with Gasteiger partial charge in [-0.1, -0.05) is 19.8 Å². The van der Waals surface area contributed by atoms with Gasteiger partial charge in [0.25, 0.3) is 0 Å². The van der Waals surface area contributed by atoms with Gasteiger partial charge in [0.1, 0.15) is 0 Å². The molecule has 0 aromatic heterocycles. The Morgan fingerprint density at radius 3 is 2.58 bits per heavy atom. The molecule has 2 aliphatic rings. The number of carbonyl (C=O) groups excluding carboxylic acids is 1. The number of nitrogens with one attached hydrogen (secondary N) is 2. The number of amides is 1. The molecule has 6 heteroatoms. The molecule has 2 rings (SSSR count). The van der Waals surface area contributed by atoms with Crippen molar-refractivity contribution in [3.05, 3.63) is 0 Å². The maximum absolute atomic E-state index is 11.4. The second-order valence-electron chi connectivity index (χ2n) is 7.54. The molecule has 6 nitrogen and oxygen atoms in total. The second-order valence-corrected chi connectivity index (χ2v) is 7.54. The first-order valence-corrected chi connectivity index (χ1v) is 9.43. The summed E-state index contributed by atoms with van der Waals surface area (Å²) in [5.41, 5.74) is -0.113. The van der Waals surface area contributed by atoms with E-state index in [0.29, 0.717) is 12.6 Å². The molecule has 2 atom stereocenters. The minimum Gasteiger partial charge on any atom is -0.392 e. The lowest BCUT2D eigenvalue weighted by Gasteiger charge is -2.37. The predicted octanol–water partition coefficient (Wildman–Crippen LogP) is 1.49. The van der Waals surface area contributed by atoms with Crippen LogP contribution in [-0.4, -0.2) is 60.2 Å². The van der Waals surface area contributed by atoms with Gasteiger partial charge in [0.15, 0.2) is 5.96 Å². The lowest BCUT2D eigenvalue weighted by atomic mass is 9.73. The van der Waals surface area contributed by atoms with E-state index >= 15 is 0 Å². The zero-order valence-corrected chi connectivity index (χ0v) is 15.5. The van der Waals surface area contributed by atoms with E-state index in [1.807, 2.05) is 4.90 Å². The van der Waals surface area contributed by atoms with E-state index in [1.54, 1.807) is 6.92 Å². The Balaban J connectivity index is 1.90. The van der Waals surface area contributed by atoms with Gasteiger partial charge in [-0.3, -0.25) is 9.79 Å². The van der Waals surface area contributed by atoms with Crippen LogP contribution in [0.5, 0.6) is 0 Å². The highest BCUT2D eigenvalue weighted by Crippen LogP contribution is 2.36. The van der Waals surface area contributed by atoms with E-state index < -0.39 is 0 Å². The van der Waals surface area contributed by atoms with Gasteiger partial charge >= 0.3 is 0 Å². The van der Waals surface area contributed by atoms with Crippen LogP contribution < -0.4 is 10.6 Å². The zero-order chi connectivity index (χ0) is 17.6. The molecular weight excluding hydrogens is 304 g/mol. The molecule has 2 fully saturated rings. The largest absolute Gasteiger partial charge is 0.392 e. The van der Waals surface area contributed by atoms with Gasteiger partial charge in [0.05, 0.1) is 12.6 Å². The number of aliphatic hydroxyl groups is 1. The molecule has 2 unspecified atom stereocenters. The SMILES string of the molecule is CCNC(=NCC1(C)CCCCC1O)NC1CCN(C(C)=O)CC1. The van der Waals surface area contributed by atoms with Crippen molar-refractivity contribution >= 4 is 11.9 Å². The van der Waals surface area contributed by atoms with Gasteiger partial charge in [0, 0.05) is 38.0 Å². The maximum Gasteiger partial charge on any atom is 0.219 e. The molecule has 1 heterocycles. The Bertz CT molecular complexity index is 446. The average molecular weight is 338 g/mol. The summed E-state index contributed by atoms with van der Waals surface area (Å²) >= 11 is 0. The third-order valence-corrected chi connectivity index (χ3v) is 5.50. The Morgan fingerprint density at radius 1 is 1.29 bits per heavy atom. The van der Waals surface area contributed by atoms with Gasteiger partial charge in [-0.25, -0.2) is 0 Å². The first-order valence-electron chi connectivity index (χ1n) is 9.43. The zero-order valence-electron chi connectivity index (χ0n) is 15.5. The van der Waals surface area contributed by atoms with Crippen LogP contribution in [0.15, 0.2) is 4.99 Å². The Kier molecular flexibility index (Phi) is 6.90. The van der Waals surface area contributed by atoms with Crippen molar-refractivity contribution < 1.29 is 9.90 Å². The fraction of sp³-hybridized carbons (Fsp3) is 0.889. The highest BCUT2D eigenvalue weighted by molar-refractivity contribution is 5.80. The molecule has 3 N–H and O–H groups in total. The molecule has 0 aromatic carbocycles. The number of hydrogen-bond donors (Lipinski definition) is 3. The number of likely N-dealkylation sites (tertiary alicyclic amines) is 1. The second kappa shape index (κ2) is 8.70. The van der Waals surface area contributed by atoms with Crippen LogP contribution in [0, 0.1) is 5.41 Å². The smallest absolute Gasteiger partial charge is 0.219 e. The van der Waals surface area contributed by atoms with Gasteiger partial charge < -0.3 is 20.6 Å². The quantitative estimate of drug-likeness (QED) is 0.536. The fourth-order valence-corrected chi connectivity index (χ4v) is 3.68. The Labute approximate surface area is 146 Å². The van der Waals surface area contributed by atoms with Crippen LogP contribution in [0.4, 0.5) is 0 Å². The molecule has 1 aliphatic carbocycles. The molecule has 138 valence electrons. The summed E-state index contributed by atoms with van der Waals surface area (Å²) in [6.07, 6.45) is 5.86. The molecule has 0 radical (unpaired) electrons. The number of piperidine rings is 1. The fourth-order valence-electron chi connectivity index (χ4n) is 3.68. The van der Waals surface area contributed by atoms with Gasteiger partial charge in [-0.05, 0) is 32.6 Å². The minimum atomic E-state index is -0.253. The van der Waals surface area contributed by atoms with Crippen molar-refractivity contribution in [1.82, 2.24) is 15.5 Å². The summed E-state index contributed by atoms with van der Waals surface area (Å²) < 4.78 is 0. The van der Waals surface area contributed by atoms with Crippen molar-refractivity contribution in [1.29, 1.82) is 0 Å². The van der Waals surface area contributed by atoms with E-state index in [9.17, 15) is 9.90 Å². The summed E-state index contributed by atoms with van der Waals surface area (Å²) in [4.78, 5) is 18.1. The van der Waals surface area contributed by atoms with Crippen molar-refractivity contribution in [3.8, 4) is 0 Å². The molecular formula is C18H34N4O2. The van der Waals surface area contributed by atoms with E-state index in [0.717, 1.165) is 57.7 Å². The molecule has 1 amide bonds. The predicted molar refractivity (Wildman–Crippen MR) is 97.0 cm³/mol. The van der Waals surface area contributed by atoms with E-state index in [2.05, 4.69) is 24.5 Å². The summed E-state index contributed by atoms with van der Waals surface area (Å²) in [5, 5.41) is 17.1. The monoisotopic (exact) mass is 338 g/mol. The van der Waals surface area contributed by atoms with E-state index in [4.69, 9.17) is 4.99 Å². The van der Waals surface area contributed by atoms with E-state index in [-0.39, 0.29) is 17.4 Å². The third-order valence-electron chi connectivity index (χ3n) is 5.50.